The highest BCUT2D eigenvalue weighted by atomic mass is 16.5. The van der Waals surface area contributed by atoms with Gasteiger partial charge >= 0.3 is 0 Å². The van der Waals surface area contributed by atoms with Crippen molar-refractivity contribution in [1.29, 1.82) is 0 Å². The summed E-state index contributed by atoms with van der Waals surface area (Å²) in [6.07, 6.45) is 2.30. The molecule has 0 radical (unpaired) electrons. The zero-order chi connectivity index (χ0) is 13.5. The number of benzene rings is 1. The number of para-hydroxylation sites is 1. The third-order valence-electron chi connectivity index (χ3n) is 3.76. The Labute approximate surface area is 116 Å². The second kappa shape index (κ2) is 7.51. The van der Waals surface area contributed by atoms with Crippen LogP contribution in [0.25, 0.3) is 0 Å². The summed E-state index contributed by atoms with van der Waals surface area (Å²) in [7, 11) is 0. The van der Waals surface area contributed by atoms with Gasteiger partial charge in [0, 0.05) is 31.1 Å². The van der Waals surface area contributed by atoms with Gasteiger partial charge in [-0.15, -0.1) is 0 Å². The molecule has 0 spiro atoms. The molecule has 1 unspecified atom stereocenters. The smallest absolute Gasteiger partial charge is 0.124 e. The van der Waals surface area contributed by atoms with Crippen LogP contribution in [0.5, 0.6) is 5.75 Å². The first-order valence-electron chi connectivity index (χ1n) is 7.52. The van der Waals surface area contributed by atoms with Gasteiger partial charge in [-0.1, -0.05) is 32.0 Å². The molecule has 1 aromatic carbocycles. The van der Waals surface area contributed by atoms with Crippen LogP contribution in [-0.4, -0.2) is 37.7 Å². The number of fused-ring (bicyclic) bond motifs is 1. The van der Waals surface area contributed by atoms with Crippen LogP contribution < -0.4 is 10.1 Å². The average molecular weight is 262 g/mol. The fraction of sp³-hybridized carbons (Fsp3) is 0.625. The summed E-state index contributed by atoms with van der Waals surface area (Å²) in [5.74, 6) is 1.05. The molecule has 1 aliphatic rings. The zero-order valence-corrected chi connectivity index (χ0v) is 12.2. The molecule has 0 bridgehead atoms. The van der Waals surface area contributed by atoms with Crippen molar-refractivity contribution in [3.8, 4) is 5.75 Å². The first-order chi connectivity index (χ1) is 9.35. The van der Waals surface area contributed by atoms with Gasteiger partial charge in [0.15, 0.2) is 0 Å². The number of hydrogen-bond acceptors (Lipinski definition) is 3. The number of hydrogen-bond donors (Lipinski definition) is 1. The number of rotatable bonds is 7. The lowest BCUT2D eigenvalue weighted by molar-refractivity contribution is 0.240. The quantitative estimate of drug-likeness (QED) is 0.818. The molecule has 0 aromatic heterocycles. The molecule has 1 aromatic rings. The molecule has 1 heterocycles. The normalized spacial score (nSPS) is 18.2. The molecule has 3 heteroatoms. The van der Waals surface area contributed by atoms with Gasteiger partial charge in [0.1, 0.15) is 5.75 Å². The molecule has 19 heavy (non-hydrogen) atoms. The Bertz CT molecular complexity index is 381. The van der Waals surface area contributed by atoms with E-state index in [-0.39, 0.29) is 0 Å². The molecule has 0 fully saturated rings. The summed E-state index contributed by atoms with van der Waals surface area (Å²) in [5, 5.41) is 3.68. The van der Waals surface area contributed by atoms with Crippen molar-refractivity contribution < 1.29 is 4.74 Å². The maximum absolute atomic E-state index is 5.69. The van der Waals surface area contributed by atoms with E-state index in [0.29, 0.717) is 6.04 Å². The van der Waals surface area contributed by atoms with Crippen LogP contribution >= 0.6 is 0 Å². The van der Waals surface area contributed by atoms with Crippen molar-refractivity contribution in [2.75, 3.05) is 32.8 Å². The van der Waals surface area contributed by atoms with Crippen LogP contribution in [-0.2, 0) is 0 Å². The van der Waals surface area contributed by atoms with Crippen LogP contribution in [0.3, 0.4) is 0 Å². The standard InChI is InChI=1S/C16H26N2O/c1-3-11-18(4-2)12-10-17-15-9-13-19-16-8-6-5-7-14(15)16/h5-8,15,17H,3-4,9-13H2,1-2H3. The Morgan fingerprint density at radius 1 is 1.26 bits per heavy atom. The average Bonchev–Trinajstić information content (AvgIpc) is 2.46. The Morgan fingerprint density at radius 3 is 2.89 bits per heavy atom. The largest absolute Gasteiger partial charge is 0.493 e. The highest BCUT2D eigenvalue weighted by molar-refractivity contribution is 5.37. The molecule has 0 saturated carbocycles. The summed E-state index contributed by atoms with van der Waals surface area (Å²) >= 11 is 0. The van der Waals surface area contributed by atoms with E-state index in [9.17, 15) is 0 Å². The van der Waals surface area contributed by atoms with Gasteiger partial charge in [0.25, 0.3) is 0 Å². The van der Waals surface area contributed by atoms with Gasteiger partial charge in [-0.25, -0.2) is 0 Å². The third kappa shape index (κ3) is 3.95. The van der Waals surface area contributed by atoms with Crippen molar-refractivity contribution in [3.63, 3.8) is 0 Å². The fourth-order valence-corrected chi connectivity index (χ4v) is 2.70. The van der Waals surface area contributed by atoms with Gasteiger partial charge in [-0.2, -0.15) is 0 Å². The van der Waals surface area contributed by atoms with Crippen LogP contribution in [0.4, 0.5) is 0 Å². The van der Waals surface area contributed by atoms with Crippen molar-refractivity contribution >= 4 is 0 Å². The summed E-state index contributed by atoms with van der Waals surface area (Å²) in [5.41, 5.74) is 1.31. The fourth-order valence-electron chi connectivity index (χ4n) is 2.70. The van der Waals surface area contributed by atoms with Crippen LogP contribution in [0.1, 0.15) is 38.3 Å². The Balaban J connectivity index is 1.84. The van der Waals surface area contributed by atoms with E-state index in [4.69, 9.17) is 4.74 Å². The van der Waals surface area contributed by atoms with E-state index in [1.807, 2.05) is 6.07 Å². The lowest BCUT2D eigenvalue weighted by Crippen LogP contribution is -2.35. The molecular weight excluding hydrogens is 236 g/mol. The minimum atomic E-state index is 0.449. The van der Waals surface area contributed by atoms with Gasteiger partial charge in [-0.05, 0) is 25.6 Å². The van der Waals surface area contributed by atoms with Crippen molar-refractivity contribution in [1.82, 2.24) is 10.2 Å². The molecule has 0 amide bonds. The van der Waals surface area contributed by atoms with Gasteiger partial charge < -0.3 is 15.0 Å². The third-order valence-corrected chi connectivity index (χ3v) is 3.76. The maximum atomic E-state index is 5.69. The lowest BCUT2D eigenvalue weighted by atomic mass is 10.0. The minimum absolute atomic E-state index is 0.449. The Morgan fingerprint density at radius 2 is 2.11 bits per heavy atom. The number of likely N-dealkylation sites (N-methyl/N-ethyl adjacent to an activating group) is 1. The molecule has 2 rings (SSSR count). The Kier molecular flexibility index (Phi) is 5.67. The predicted octanol–water partition coefficient (Wildman–Crippen LogP) is 2.83. The first-order valence-corrected chi connectivity index (χ1v) is 7.52. The second-order valence-electron chi connectivity index (χ2n) is 5.12. The van der Waals surface area contributed by atoms with E-state index < -0.39 is 0 Å². The summed E-state index contributed by atoms with van der Waals surface area (Å²) < 4.78 is 5.69. The van der Waals surface area contributed by atoms with Crippen LogP contribution in [0.15, 0.2) is 24.3 Å². The van der Waals surface area contributed by atoms with E-state index >= 15 is 0 Å². The molecular formula is C16H26N2O. The molecule has 1 N–H and O–H groups in total. The second-order valence-corrected chi connectivity index (χ2v) is 5.12. The molecule has 3 nitrogen and oxygen atoms in total. The lowest BCUT2D eigenvalue weighted by Gasteiger charge is -2.28. The van der Waals surface area contributed by atoms with E-state index in [0.717, 1.165) is 38.4 Å². The minimum Gasteiger partial charge on any atom is -0.493 e. The number of nitrogens with one attached hydrogen (secondary N) is 1. The van der Waals surface area contributed by atoms with Crippen molar-refractivity contribution in [2.24, 2.45) is 0 Å². The molecule has 106 valence electrons. The van der Waals surface area contributed by atoms with Crippen LogP contribution in [0, 0.1) is 0 Å². The van der Waals surface area contributed by atoms with Crippen LogP contribution in [0.2, 0.25) is 0 Å². The summed E-state index contributed by atoms with van der Waals surface area (Å²) in [6.45, 7) is 9.81. The monoisotopic (exact) mass is 262 g/mol. The number of nitrogens with zero attached hydrogens (tertiary/aromatic N) is 1. The zero-order valence-electron chi connectivity index (χ0n) is 12.2. The summed E-state index contributed by atoms with van der Waals surface area (Å²) in [6, 6.07) is 8.83. The highest BCUT2D eigenvalue weighted by Crippen LogP contribution is 2.31. The van der Waals surface area contributed by atoms with E-state index in [2.05, 4.69) is 42.3 Å². The molecule has 1 atom stereocenters. The Hall–Kier alpha value is -1.06. The number of ether oxygens (including phenoxy) is 1. The maximum Gasteiger partial charge on any atom is 0.124 e. The van der Waals surface area contributed by atoms with Crippen molar-refractivity contribution in [2.45, 2.75) is 32.7 Å². The first kappa shape index (κ1) is 14.4. The van der Waals surface area contributed by atoms with Gasteiger partial charge in [0.2, 0.25) is 0 Å². The van der Waals surface area contributed by atoms with Gasteiger partial charge in [0.05, 0.1) is 6.61 Å². The van der Waals surface area contributed by atoms with Gasteiger partial charge in [-0.3, -0.25) is 0 Å². The molecule has 0 aliphatic carbocycles. The summed E-state index contributed by atoms with van der Waals surface area (Å²) in [4.78, 5) is 2.50. The topological polar surface area (TPSA) is 24.5 Å². The predicted molar refractivity (Wildman–Crippen MR) is 79.7 cm³/mol. The molecule has 0 saturated heterocycles. The highest BCUT2D eigenvalue weighted by Gasteiger charge is 2.20. The SMILES string of the molecule is CCCN(CC)CCNC1CCOc2ccccc21. The molecule has 1 aliphatic heterocycles. The van der Waals surface area contributed by atoms with E-state index in [1.165, 1.54) is 18.5 Å². The van der Waals surface area contributed by atoms with Crippen molar-refractivity contribution in [3.05, 3.63) is 29.8 Å². The van der Waals surface area contributed by atoms with E-state index in [1.54, 1.807) is 0 Å².